The lowest BCUT2D eigenvalue weighted by atomic mass is 9.65. The second-order valence-electron chi connectivity index (χ2n) is 8.38. The Bertz CT molecular complexity index is 578. The molecule has 1 aromatic heterocycles. The molecule has 0 amide bonds. The number of hydrogen-bond acceptors (Lipinski definition) is 2. The van der Waals surface area contributed by atoms with E-state index in [2.05, 4.69) is 66.4 Å². The molecule has 3 atom stereocenters. The molecule has 0 N–H and O–H groups in total. The maximum Gasteiger partial charge on any atom is 0.0619 e. The molecule has 3 rings (SSSR count). The van der Waals surface area contributed by atoms with Crippen LogP contribution in [0.2, 0.25) is 0 Å². The minimum absolute atomic E-state index is 0.230. The van der Waals surface area contributed by atoms with Gasteiger partial charge in [0.1, 0.15) is 0 Å². The molecule has 2 fully saturated rings. The standard InChI is InChI=1S/C19H30N2/c1-12-11-13(2)20-14(3)16(12)21-15(4)18(7)9-10-19(21,8)17(18,5)6/h11,15H,9-10H2,1-8H3/t15-,18?,19?/m0/s1. The smallest absolute Gasteiger partial charge is 0.0619 e. The molecule has 2 heterocycles. The molecule has 2 bridgehead atoms. The Labute approximate surface area is 130 Å². The van der Waals surface area contributed by atoms with E-state index in [9.17, 15) is 0 Å². The van der Waals surface area contributed by atoms with Gasteiger partial charge in [0, 0.05) is 17.3 Å². The molecular formula is C19H30N2. The average molecular weight is 286 g/mol. The third kappa shape index (κ3) is 1.51. The monoisotopic (exact) mass is 286 g/mol. The Hall–Kier alpha value is -1.05. The van der Waals surface area contributed by atoms with Gasteiger partial charge in [0.2, 0.25) is 0 Å². The van der Waals surface area contributed by atoms with Crippen LogP contribution in [0.4, 0.5) is 5.69 Å². The normalized spacial score (nSPS) is 37.3. The van der Waals surface area contributed by atoms with Gasteiger partial charge in [0.15, 0.2) is 0 Å². The highest BCUT2D eigenvalue weighted by atomic mass is 15.3. The topological polar surface area (TPSA) is 16.1 Å². The van der Waals surface area contributed by atoms with Gasteiger partial charge >= 0.3 is 0 Å². The quantitative estimate of drug-likeness (QED) is 0.737. The van der Waals surface area contributed by atoms with Gasteiger partial charge in [-0.3, -0.25) is 4.98 Å². The molecule has 1 saturated carbocycles. The summed E-state index contributed by atoms with van der Waals surface area (Å²) in [5.74, 6) is 0. The minimum atomic E-state index is 0.230. The fourth-order valence-corrected chi connectivity index (χ4v) is 5.43. The molecule has 2 aliphatic rings. The van der Waals surface area contributed by atoms with E-state index in [1.165, 1.54) is 29.8 Å². The lowest BCUT2D eigenvalue weighted by Crippen LogP contribution is -2.51. The number of anilines is 1. The third-order valence-electron chi connectivity index (χ3n) is 7.47. The third-order valence-corrected chi connectivity index (χ3v) is 7.47. The highest BCUT2D eigenvalue weighted by molar-refractivity contribution is 5.63. The molecule has 116 valence electrons. The van der Waals surface area contributed by atoms with Crippen molar-refractivity contribution in [2.24, 2.45) is 10.8 Å². The maximum absolute atomic E-state index is 4.76. The highest BCUT2D eigenvalue weighted by Gasteiger charge is 2.70. The highest BCUT2D eigenvalue weighted by Crippen LogP contribution is 2.69. The van der Waals surface area contributed by atoms with E-state index in [0.717, 1.165) is 5.69 Å². The van der Waals surface area contributed by atoms with Crippen molar-refractivity contribution in [1.29, 1.82) is 0 Å². The van der Waals surface area contributed by atoms with Gasteiger partial charge in [-0.1, -0.05) is 20.8 Å². The summed E-state index contributed by atoms with van der Waals surface area (Å²) in [7, 11) is 0. The Morgan fingerprint density at radius 2 is 1.71 bits per heavy atom. The van der Waals surface area contributed by atoms with Gasteiger partial charge in [-0.15, -0.1) is 0 Å². The summed E-state index contributed by atoms with van der Waals surface area (Å²) in [5, 5.41) is 0. The number of piperidine rings is 1. The van der Waals surface area contributed by atoms with Crippen molar-refractivity contribution >= 4 is 5.69 Å². The van der Waals surface area contributed by atoms with Crippen LogP contribution < -0.4 is 4.90 Å². The second kappa shape index (κ2) is 4.02. The van der Waals surface area contributed by atoms with Crippen LogP contribution in [0.1, 0.15) is 64.4 Å². The summed E-state index contributed by atoms with van der Waals surface area (Å²) >= 11 is 0. The number of fused-ring (bicyclic) bond motifs is 2. The van der Waals surface area contributed by atoms with Crippen molar-refractivity contribution in [2.75, 3.05) is 4.90 Å². The summed E-state index contributed by atoms with van der Waals surface area (Å²) in [6, 6.07) is 2.80. The molecule has 1 aliphatic heterocycles. The van der Waals surface area contributed by atoms with Crippen molar-refractivity contribution in [3.8, 4) is 0 Å². The number of pyridine rings is 1. The Morgan fingerprint density at radius 3 is 2.19 bits per heavy atom. The van der Waals surface area contributed by atoms with E-state index in [-0.39, 0.29) is 5.54 Å². The van der Waals surface area contributed by atoms with Crippen molar-refractivity contribution < 1.29 is 0 Å². The molecule has 21 heavy (non-hydrogen) atoms. The molecule has 0 aromatic carbocycles. The van der Waals surface area contributed by atoms with E-state index in [0.29, 0.717) is 16.9 Å². The fraction of sp³-hybridized carbons (Fsp3) is 0.737. The molecule has 1 saturated heterocycles. The van der Waals surface area contributed by atoms with E-state index in [1.807, 2.05) is 0 Å². The molecule has 0 spiro atoms. The number of aryl methyl sites for hydroxylation is 3. The van der Waals surface area contributed by atoms with Gasteiger partial charge in [0.25, 0.3) is 0 Å². The largest absolute Gasteiger partial charge is 0.361 e. The van der Waals surface area contributed by atoms with Gasteiger partial charge in [-0.05, 0) is 69.9 Å². The molecule has 1 aromatic rings. The average Bonchev–Trinajstić information content (AvgIpc) is 2.59. The van der Waals surface area contributed by atoms with Gasteiger partial charge in [0.05, 0.1) is 11.4 Å². The zero-order chi connectivity index (χ0) is 15.8. The van der Waals surface area contributed by atoms with Crippen molar-refractivity contribution in [2.45, 2.75) is 79.8 Å². The summed E-state index contributed by atoms with van der Waals surface area (Å²) in [6.45, 7) is 18.9. The number of hydrogen-bond donors (Lipinski definition) is 0. The van der Waals surface area contributed by atoms with E-state index in [1.54, 1.807) is 0 Å². The van der Waals surface area contributed by atoms with Crippen LogP contribution >= 0.6 is 0 Å². The van der Waals surface area contributed by atoms with Crippen LogP contribution in [0.15, 0.2) is 6.07 Å². The predicted molar refractivity (Wildman–Crippen MR) is 89.9 cm³/mol. The van der Waals surface area contributed by atoms with Crippen LogP contribution in [0, 0.1) is 31.6 Å². The van der Waals surface area contributed by atoms with E-state index >= 15 is 0 Å². The van der Waals surface area contributed by atoms with E-state index in [4.69, 9.17) is 4.98 Å². The predicted octanol–water partition coefficient (Wildman–Crippen LogP) is 4.80. The zero-order valence-corrected chi connectivity index (χ0v) is 15.0. The number of aromatic nitrogens is 1. The molecular weight excluding hydrogens is 256 g/mol. The van der Waals surface area contributed by atoms with Crippen molar-refractivity contribution in [3.63, 3.8) is 0 Å². The van der Waals surface area contributed by atoms with E-state index < -0.39 is 0 Å². The Balaban J connectivity index is 2.22. The first-order valence-corrected chi connectivity index (χ1v) is 8.30. The number of rotatable bonds is 1. The molecule has 2 nitrogen and oxygen atoms in total. The van der Waals surface area contributed by atoms with Gasteiger partial charge in [-0.2, -0.15) is 0 Å². The number of nitrogens with zero attached hydrogens (tertiary/aromatic N) is 2. The molecule has 2 unspecified atom stereocenters. The Morgan fingerprint density at radius 1 is 1.10 bits per heavy atom. The first-order chi connectivity index (χ1) is 9.56. The van der Waals surface area contributed by atoms with Crippen LogP contribution in [-0.4, -0.2) is 16.6 Å². The van der Waals surface area contributed by atoms with Gasteiger partial charge < -0.3 is 4.90 Å². The molecule has 0 radical (unpaired) electrons. The van der Waals surface area contributed by atoms with Crippen LogP contribution in [0.5, 0.6) is 0 Å². The molecule has 1 aliphatic carbocycles. The Kier molecular flexibility index (Phi) is 2.85. The summed E-state index contributed by atoms with van der Waals surface area (Å²) in [5.41, 5.74) is 6.00. The summed E-state index contributed by atoms with van der Waals surface area (Å²) in [4.78, 5) is 7.47. The first-order valence-electron chi connectivity index (χ1n) is 8.30. The van der Waals surface area contributed by atoms with Crippen LogP contribution in [-0.2, 0) is 0 Å². The summed E-state index contributed by atoms with van der Waals surface area (Å²) in [6.07, 6.45) is 2.62. The van der Waals surface area contributed by atoms with Crippen LogP contribution in [0.25, 0.3) is 0 Å². The van der Waals surface area contributed by atoms with Gasteiger partial charge in [-0.25, -0.2) is 0 Å². The minimum Gasteiger partial charge on any atom is -0.361 e. The SMILES string of the molecule is Cc1cc(C)c(N2[C@@H](C)C3(C)CCC2(C)C3(C)C)c(C)n1. The lowest BCUT2D eigenvalue weighted by Gasteiger charge is -2.46. The maximum atomic E-state index is 4.76. The zero-order valence-electron chi connectivity index (χ0n) is 15.0. The fourth-order valence-electron chi connectivity index (χ4n) is 5.43. The summed E-state index contributed by atoms with van der Waals surface area (Å²) < 4.78 is 0. The van der Waals surface area contributed by atoms with Crippen molar-refractivity contribution in [3.05, 3.63) is 23.0 Å². The molecule has 2 heteroatoms. The lowest BCUT2D eigenvalue weighted by molar-refractivity contribution is 0.132. The van der Waals surface area contributed by atoms with Crippen molar-refractivity contribution in [1.82, 2.24) is 4.98 Å². The van der Waals surface area contributed by atoms with Crippen LogP contribution in [0.3, 0.4) is 0 Å². The second-order valence-corrected chi connectivity index (χ2v) is 8.38. The first kappa shape index (κ1) is 14.9.